The van der Waals surface area contributed by atoms with Crippen molar-refractivity contribution in [1.82, 2.24) is 0 Å². The van der Waals surface area contributed by atoms with E-state index in [1.807, 2.05) is 0 Å². The molecule has 0 unspecified atom stereocenters. The summed E-state index contributed by atoms with van der Waals surface area (Å²) in [5, 5.41) is 20.7. The molecule has 19 heavy (non-hydrogen) atoms. The van der Waals surface area contributed by atoms with E-state index in [0.29, 0.717) is 22.3 Å². The first-order chi connectivity index (χ1) is 8.85. The van der Waals surface area contributed by atoms with Crippen molar-refractivity contribution in [2.75, 3.05) is 0 Å². The van der Waals surface area contributed by atoms with Crippen LogP contribution in [0, 0.1) is 13.8 Å². The van der Waals surface area contributed by atoms with Crippen molar-refractivity contribution in [3.05, 3.63) is 52.0 Å². The zero-order valence-corrected chi connectivity index (χ0v) is 10.9. The number of phenols is 1. The van der Waals surface area contributed by atoms with Gasteiger partial charge in [-0.15, -0.1) is 0 Å². The van der Waals surface area contributed by atoms with E-state index in [1.54, 1.807) is 20.8 Å². The van der Waals surface area contributed by atoms with E-state index >= 15 is 0 Å². The summed E-state index contributed by atoms with van der Waals surface area (Å²) in [7, 11) is 0. The number of aromatic hydroxyl groups is 1. The van der Waals surface area contributed by atoms with E-state index in [-0.39, 0.29) is 17.3 Å². The standard InChI is InChI=1S/C15H14O4/c1-7-6-19-14-11(7)15(3,18)12-8(2)10(16)5-4-9(12)13(14)17/h4-6,16,18H,1-3H3/t15-/m0/s1. The molecule has 0 radical (unpaired) electrons. The van der Waals surface area contributed by atoms with E-state index in [9.17, 15) is 15.0 Å². The van der Waals surface area contributed by atoms with E-state index < -0.39 is 5.60 Å². The van der Waals surface area contributed by atoms with Crippen LogP contribution in [0.1, 0.15) is 45.3 Å². The van der Waals surface area contributed by atoms with Crippen LogP contribution in [0.5, 0.6) is 5.75 Å². The largest absolute Gasteiger partial charge is 0.508 e. The molecule has 4 heteroatoms. The summed E-state index contributed by atoms with van der Waals surface area (Å²) >= 11 is 0. The molecule has 1 aliphatic carbocycles. The van der Waals surface area contributed by atoms with Crippen molar-refractivity contribution in [1.29, 1.82) is 0 Å². The Morgan fingerprint density at radius 3 is 2.58 bits per heavy atom. The highest BCUT2D eigenvalue weighted by atomic mass is 16.3. The molecule has 1 aromatic heterocycles. The number of rotatable bonds is 0. The Labute approximate surface area is 110 Å². The quantitative estimate of drug-likeness (QED) is 0.761. The maximum Gasteiger partial charge on any atom is 0.229 e. The SMILES string of the molecule is Cc1coc2c1[C@](C)(O)c1c(ccc(O)c1C)C2=O. The van der Waals surface area contributed by atoms with Gasteiger partial charge in [0.05, 0.1) is 6.26 Å². The lowest BCUT2D eigenvalue weighted by atomic mass is 9.75. The zero-order valence-electron chi connectivity index (χ0n) is 10.9. The molecule has 0 fully saturated rings. The van der Waals surface area contributed by atoms with Gasteiger partial charge in [0.2, 0.25) is 5.78 Å². The van der Waals surface area contributed by atoms with Crippen molar-refractivity contribution in [3.8, 4) is 5.75 Å². The first-order valence-electron chi connectivity index (χ1n) is 6.04. The van der Waals surface area contributed by atoms with Gasteiger partial charge in [-0.25, -0.2) is 0 Å². The Morgan fingerprint density at radius 1 is 1.21 bits per heavy atom. The molecule has 0 amide bonds. The van der Waals surface area contributed by atoms with Crippen LogP contribution in [-0.2, 0) is 5.60 Å². The molecule has 1 heterocycles. The molecule has 1 aliphatic rings. The molecule has 0 saturated carbocycles. The van der Waals surface area contributed by atoms with Gasteiger partial charge >= 0.3 is 0 Å². The normalized spacial score (nSPS) is 21.2. The molecular formula is C15H14O4. The number of hydrogen-bond donors (Lipinski definition) is 2. The van der Waals surface area contributed by atoms with Crippen LogP contribution in [0.2, 0.25) is 0 Å². The summed E-state index contributed by atoms with van der Waals surface area (Å²) in [6.45, 7) is 5.09. The minimum absolute atomic E-state index is 0.0661. The average molecular weight is 258 g/mol. The van der Waals surface area contributed by atoms with Crippen molar-refractivity contribution in [2.45, 2.75) is 26.4 Å². The number of hydrogen-bond acceptors (Lipinski definition) is 4. The smallest absolute Gasteiger partial charge is 0.229 e. The van der Waals surface area contributed by atoms with E-state index in [1.165, 1.54) is 18.4 Å². The highest BCUT2D eigenvalue weighted by molar-refractivity contribution is 6.11. The van der Waals surface area contributed by atoms with Gasteiger partial charge in [0.1, 0.15) is 11.4 Å². The maximum atomic E-state index is 12.4. The van der Waals surface area contributed by atoms with Gasteiger partial charge < -0.3 is 14.6 Å². The van der Waals surface area contributed by atoms with Gasteiger partial charge in [-0.2, -0.15) is 0 Å². The third-order valence-electron chi connectivity index (χ3n) is 3.84. The van der Waals surface area contributed by atoms with Crippen LogP contribution in [0.25, 0.3) is 0 Å². The average Bonchev–Trinajstić information content (AvgIpc) is 2.73. The molecule has 0 bridgehead atoms. The van der Waals surface area contributed by atoms with E-state index in [0.717, 1.165) is 5.56 Å². The number of ketones is 1. The highest BCUT2D eigenvalue weighted by Crippen LogP contribution is 2.45. The van der Waals surface area contributed by atoms with E-state index in [4.69, 9.17) is 4.42 Å². The van der Waals surface area contributed by atoms with Gasteiger partial charge in [0.15, 0.2) is 5.76 Å². The van der Waals surface area contributed by atoms with Gasteiger partial charge in [0, 0.05) is 16.7 Å². The Morgan fingerprint density at radius 2 is 1.89 bits per heavy atom. The Balaban J connectivity index is 2.44. The van der Waals surface area contributed by atoms with Crippen LogP contribution >= 0.6 is 0 Å². The fraction of sp³-hybridized carbons (Fsp3) is 0.267. The summed E-state index contributed by atoms with van der Waals surface area (Å²) in [5.41, 5.74) is 1.21. The molecular weight excluding hydrogens is 244 g/mol. The van der Waals surface area contributed by atoms with Gasteiger partial charge in [-0.05, 0) is 44.0 Å². The van der Waals surface area contributed by atoms with Crippen molar-refractivity contribution < 1.29 is 19.4 Å². The molecule has 0 saturated heterocycles. The first kappa shape index (κ1) is 12.0. The molecule has 2 N–H and O–H groups in total. The molecule has 0 aliphatic heterocycles. The summed E-state index contributed by atoms with van der Waals surface area (Å²) < 4.78 is 5.29. The van der Waals surface area contributed by atoms with Gasteiger partial charge in [0.25, 0.3) is 0 Å². The first-order valence-corrected chi connectivity index (χ1v) is 6.04. The molecule has 1 atom stereocenters. The number of phenolic OH excluding ortho intramolecular Hbond substituents is 1. The monoisotopic (exact) mass is 258 g/mol. The van der Waals surface area contributed by atoms with Crippen LogP contribution in [0.3, 0.4) is 0 Å². The van der Waals surface area contributed by atoms with E-state index in [2.05, 4.69) is 0 Å². The molecule has 98 valence electrons. The molecule has 3 rings (SSSR count). The predicted octanol–water partition coefficient (Wildman–Crippen LogP) is 2.40. The Kier molecular flexibility index (Phi) is 2.20. The second-order valence-electron chi connectivity index (χ2n) is 5.16. The van der Waals surface area contributed by atoms with Crippen LogP contribution in [0.4, 0.5) is 0 Å². The van der Waals surface area contributed by atoms with Crippen LogP contribution < -0.4 is 0 Å². The lowest BCUT2D eigenvalue weighted by Crippen LogP contribution is -2.33. The number of furan rings is 1. The minimum Gasteiger partial charge on any atom is -0.508 e. The second kappa shape index (κ2) is 3.48. The van der Waals surface area contributed by atoms with Crippen molar-refractivity contribution in [2.24, 2.45) is 0 Å². The summed E-state index contributed by atoms with van der Waals surface area (Å²) in [5.74, 6) is -0.00997. The zero-order chi connectivity index (χ0) is 13.9. The second-order valence-corrected chi connectivity index (χ2v) is 5.16. The predicted molar refractivity (Wildman–Crippen MR) is 68.4 cm³/mol. The number of fused-ring (bicyclic) bond motifs is 2. The van der Waals surface area contributed by atoms with Crippen LogP contribution in [-0.4, -0.2) is 16.0 Å². The summed E-state index contributed by atoms with van der Waals surface area (Å²) in [4.78, 5) is 12.4. The minimum atomic E-state index is -1.35. The number of carbonyl (C=O) groups excluding carboxylic acids is 1. The number of aliphatic hydroxyl groups is 1. The molecule has 2 aromatic rings. The number of carbonyl (C=O) groups is 1. The Bertz CT molecular complexity index is 707. The lowest BCUT2D eigenvalue weighted by molar-refractivity contribution is 0.0822. The molecule has 4 nitrogen and oxygen atoms in total. The third kappa shape index (κ3) is 1.35. The van der Waals surface area contributed by atoms with Crippen LogP contribution in [0.15, 0.2) is 22.8 Å². The van der Waals surface area contributed by atoms with Crippen molar-refractivity contribution in [3.63, 3.8) is 0 Å². The van der Waals surface area contributed by atoms with Crippen molar-refractivity contribution >= 4 is 5.78 Å². The molecule has 0 spiro atoms. The topological polar surface area (TPSA) is 70.7 Å². The fourth-order valence-electron chi connectivity index (χ4n) is 2.98. The lowest BCUT2D eigenvalue weighted by Gasteiger charge is -2.32. The Hall–Kier alpha value is -2.07. The summed E-state index contributed by atoms with van der Waals surface area (Å²) in [6, 6.07) is 2.98. The molecule has 1 aromatic carbocycles. The maximum absolute atomic E-state index is 12.4. The summed E-state index contributed by atoms with van der Waals surface area (Å²) in [6.07, 6.45) is 1.47. The van der Waals surface area contributed by atoms with Gasteiger partial charge in [-0.1, -0.05) is 0 Å². The number of aryl methyl sites for hydroxylation is 1. The highest BCUT2D eigenvalue weighted by Gasteiger charge is 2.43. The third-order valence-corrected chi connectivity index (χ3v) is 3.84. The number of benzene rings is 1. The fourth-order valence-corrected chi connectivity index (χ4v) is 2.98. The van der Waals surface area contributed by atoms with Gasteiger partial charge in [-0.3, -0.25) is 4.79 Å².